The number of nitrogens with one attached hydrogen (secondary N) is 2. The van der Waals surface area contributed by atoms with Gasteiger partial charge in [-0.2, -0.15) is 5.26 Å². The van der Waals surface area contributed by atoms with Crippen LogP contribution in [0, 0.1) is 11.3 Å². The van der Waals surface area contributed by atoms with E-state index in [0.29, 0.717) is 36.6 Å². The van der Waals surface area contributed by atoms with Gasteiger partial charge in [0, 0.05) is 44.1 Å². The highest BCUT2D eigenvalue weighted by Crippen LogP contribution is 2.15. The van der Waals surface area contributed by atoms with Crippen LogP contribution in [0.15, 0.2) is 48.5 Å². The number of piperazine rings is 1. The zero-order valence-electron chi connectivity index (χ0n) is 16.9. The summed E-state index contributed by atoms with van der Waals surface area (Å²) in [6, 6.07) is 16.5. The van der Waals surface area contributed by atoms with E-state index in [0.717, 1.165) is 25.2 Å². The summed E-state index contributed by atoms with van der Waals surface area (Å²) in [6.45, 7) is 5.71. The van der Waals surface area contributed by atoms with Gasteiger partial charge in [0.25, 0.3) is 0 Å². The summed E-state index contributed by atoms with van der Waals surface area (Å²) in [4.78, 5) is 28.0. The maximum absolute atomic E-state index is 12.5. The molecule has 1 aliphatic heterocycles. The van der Waals surface area contributed by atoms with Gasteiger partial charge in [0.15, 0.2) is 0 Å². The number of urea groups is 1. The highest BCUT2D eigenvalue weighted by atomic mass is 16.5. The van der Waals surface area contributed by atoms with E-state index < -0.39 is 6.09 Å². The number of benzene rings is 2. The lowest BCUT2D eigenvalue weighted by atomic mass is 10.1. The quantitative estimate of drug-likeness (QED) is 0.791. The first-order valence-electron chi connectivity index (χ1n) is 9.88. The summed E-state index contributed by atoms with van der Waals surface area (Å²) in [7, 11) is 0. The van der Waals surface area contributed by atoms with Crippen molar-refractivity contribution in [2.45, 2.75) is 13.5 Å². The first-order valence-corrected chi connectivity index (χ1v) is 9.88. The van der Waals surface area contributed by atoms with E-state index in [-0.39, 0.29) is 6.03 Å². The Kier molecular flexibility index (Phi) is 7.24. The molecular formula is C22H25N5O3. The Balaban J connectivity index is 1.44. The molecule has 0 radical (unpaired) electrons. The third kappa shape index (κ3) is 5.96. The minimum absolute atomic E-state index is 0.140. The normalized spacial score (nSPS) is 13.9. The summed E-state index contributed by atoms with van der Waals surface area (Å²) in [6.07, 6.45) is -0.506. The number of hydrogen-bond acceptors (Lipinski definition) is 5. The minimum Gasteiger partial charge on any atom is -0.450 e. The van der Waals surface area contributed by atoms with Gasteiger partial charge in [-0.3, -0.25) is 10.2 Å². The molecule has 2 N–H and O–H groups in total. The van der Waals surface area contributed by atoms with Gasteiger partial charge in [0.2, 0.25) is 0 Å². The van der Waals surface area contributed by atoms with Crippen LogP contribution in [0.25, 0.3) is 0 Å². The average Bonchev–Trinajstić information content (AvgIpc) is 2.76. The molecule has 1 fully saturated rings. The molecule has 0 spiro atoms. The third-order valence-corrected chi connectivity index (χ3v) is 4.81. The summed E-state index contributed by atoms with van der Waals surface area (Å²) in [5.41, 5.74) is 3.07. The number of amides is 3. The van der Waals surface area contributed by atoms with Crippen molar-refractivity contribution in [3.05, 3.63) is 59.7 Å². The van der Waals surface area contributed by atoms with Gasteiger partial charge in [-0.05, 0) is 48.9 Å². The molecule has 8 nitrogen and oxygen atoms in total. The number of carbonyl (C=O) groups is 2. The van der Waals surface area contributed by atoms with Gasteiger partial charge in [-0.25, -0.2) is 9.59 Å². The predicted molar refractivity (Wildman–Crippen MR) is 114 cm³/mol. The maximum Gasteiger partial charge on any atom is 0.411 e. The van der Waals surface area contributed by atoms with Crippen LogP contribution in [-0.4, -0.2) is 54.7 Å². The molecule has 0 atom stereocenters. The molecule has 3 rings (SSSR count). The summed E-state index contributed by atoms with van der Waals surface area (Å²) >= 11 is 0. The van der Waals surface area contributed by atoms with Crippen molar-refractivity contribution >= 4 is 23.5 Å². The topological polar surface area (TPSA) is 97.7 Å². The SMILES string of the molecule is CCOC(=O)Nc1ccc(NC(=O)N2CCN(Cc3ccc(C#N)cc3)CC2)cc1. The fourth-order valence-corrected chi connectivity index (χ4v) is 3.18. The molecule has 156 valence electrons. The van der Waals surface area contributed by atoms with Crippen molar-refractivity contribution in [1.82, 2.24) is 9.80 Å². The smallest absolute Gasteiger partial charge is 0.411 e. The third-order valence-electron chi connectivity index (χ3n) is 4.81. The van der Waals surface area contributed by atoms with Crippen molar-refractivity contribution in [2.24, 2.45) is 0 Å². The summed E-state index contributed by atoms with van der Waals surface area (Å²) in [5.74, 6) is 0. The van der Waals surface area contributed by atoms with Crippen LogP contribution in [0.4, 0.5) is 21.0 Å². The van der Waals surface area contributed by atoms with Gasteiger partial charge in [-0.15, -0.1) is 0 Å². The first kappa shape index (κ1) is 21.1. The van der Waals surface area contributed by atoms with E-state index in [2.05, 4.69) is 21.6 Å². The number of nitrogens with zero attached hydrogens (tertiary/aromatic N) is 3. The predicted octanol–water partition coefficient (Wildman–Crippen LogP) is 3.48. The van der Waals surface area contributed by atoms with Crippen LogP contribution in [0.5, 0.6) is 0 Å². The molecule has 0 bridgehead atoms. The Morgan fingerprint density at radius 1 is 0.967 bits per heavy atom. The molecule has 0 aromatic heterocycles. The Morgan fingerprint density at radius 2 is 1.57 bits per heavy atom. The fourth-order valence-electron chi connectivity index (χ4n) is 3.18. The Labute approximate surface area is 176 Å². The lowest BCUT2D eigenvalue weighted by Crippen LogP contribution is -2.49. The van der Waals surface area contributed by atoms with Gasteiger partial charge in [0.1, 0.15) is 0 Å². The lowest BCUT2D eigenvalue weighted by Gasteiger charge is -2.34. The van der Waals surface area contributed by atoms with Crippen LogP contribution in [0.3, 0.4) is 0 Å². The van der Waals surface area contributed by atoms with E-state index in [4.69, 9.17) is 10.00 Å². The maximum atomic E-state index is 12.5. The minimum atomic E-state index is -0.506. The molecule has 0 saturated carbocycles. The zero-order valence-corrected chi connectivity index (χ0v) is 16.9. The van der Waals surface area contributed by atoms with Gasteiger partial charge < -0.3 is 15.0 Å². The van der Waals surface area contributed by atoms with Crippen molar-refractivity contribution in [2.75, 3.05) is 43.4 Å². The first-order chi connectivity index (χ1) is 14.6. The molecule has 1 heterocycles. The van der Waals surface area contributed by atoms with Crippen LogP contribution in [0.1, 0.15) is 18.1 Å². The van der Waals surface area contributed by atoms with E-state index in [1.165, 1.54) is 0 Å². The van der Waals surface area contributed by atoms with Gasteiger partial charge in [-0.1, -0.05) is 12.1 Å². The zero-order chi connectivity index (χ0) is 21.3. The second-order valence-electron chi connectivity index (χ2n) is 6.92. The van der Waals surface area contributed by atoms with Crippen molar-refractivity contribution in [3.8, 4) is 6.07 Å². The second kappa shape index (κ2) is 10.3. The van der Waals surface area contributed by atoms with Crippen LogP contribution in [-0.2, 0) is 11.3 Å². The highest BCUT2D eigenvalue weighted by molar-refractivity contribution is 5.90. The Bertz CT molecular complexity index is 898. The Hall–Kier alpha value is -3.57. The van der Waals surface area contributed by atoms with E-state index >= 15 is 0 Å². The van der Waals surface area contributed by atoms with Crippen molar-refractivity contribution in [1.29, 1.82) is 5.26 Å². The van der Waals surface area contributed by atoms with Gasteiger partial charge >= 0.3 is 12.1 Å². The largest absolute Gasteiger partial charge is 0.450 e. The number of hydrogen-bond donors (Lipinski definition) is 2. The van der Waals surface area contributed by atoms with Crippen molar-refractivity contribution < 1.29 is 14.3 Å². The molecule has 30 heavy (non-hydrogen) atoms. The molecule has 1 aliphatic rings. The van der Waals surface area contributed by atoms with E-state index in [1.54, 1.807) is 36.1 Å². The molecular weight excluding hydrogens is 382 g/mol. The Morgan fingerprint density at radius 3 is 2.13 bits per heavy atom. The van der Waals surface area contributed by atoms with Gasteiger partial charge in [0.05, 0.1) is 18.2 Å². The second-order valence-corrected chi connectivity index (χ2v) is 6.92. The average molecular weight is 407 g/mol. The number of rotatable bonds is 5. The molecule has 0 unspecified atom stereocenters. The molecule has 2 aromatic carbocycles. The monoisotopic (exact) mass is 407 g/mol. The summed E-state index contributed by atoms with van der Waals surface area (Å²) in [5, 5.41) is 14.4. The molecule has 2 aromatic rings. The molecule has 1 saturated heterocycles. The molecule has 3 amide bonds. The standard InChI is InChI=1S/C22H25N5O3/c1-2-30-22(29)25-20-9-7-19(8-10-20)24-21(28)27-13-11-26(12-14-27)16-18-5-3-17(15-23)4-6-18/h3-10H,2,11-14,16H2,1H3,(H,24,28)(H,25,29). The van der Waals surface area contributed by atoms with Crippen LogP contribution >= 0.6 is 0 Å². The number of anilines is 2. The number of ether oxygens (including phenoxy) is 1. The number of nitriles is 1. The van der Waals surface area contributed by atoms with Crippen molar-refractivity contribution in [3.63, 3.8) is 0 Å². The van der Waals surface area contributed by atoms with Crippen LogP contribution in [0.2, 0.25) is 0 Å². The highest BCUT2D eigenvalue weighted by Gasteiger charge is 2.21. The number of carbonyl (C=O) groups excluding carboxylic acids is 2. The lowest BCUT2D eigenvalue weighted by molar-refractivity contribution is 0.143. The fraction of sp³-hybridized carbons (Fsp3) is 0.318. The van der Waals surface area contributed by atoms with E-state index in [9.17, 15) is 9.59 Å². The van der Waals surface area contributed by atoms with E-state index in [1.807, 2.05) is 24.3 Å². The van der Waals surface area contributed by atoms with Crippen LogP contribution < -0.4 is 10.6 Å². The molecule has 8 heteroatoms. The summed E-state index contributed by atoms with van der Waals surface area (Å²) < 4.78 is 4.83. The molecule has 0 aliphatic carbocycles.